The molecule has 0 spiro atoms. The van der Waals surface area contributed by atoms with Gasteiger partial charge in [-0.15, -0.1) is 0 Å². The van der Waals surface area contributed by atoms with Crippen LogP contribution in [0.25, 0.3) is 0 Å². The lowest BCUT2D eigenvalue weighted by molar-refractivity contribution is -0.146. The zero-order chi connectivity index (χ0) is 13.7. The third-order valence-corrected chi connectivity index (χ3v) is 3.45. The van der Waals surface area contributed by atoms with Gasteiger partial charge in [-0.25, -0.2) is 0 Å². The molecule has 0 amide bonds. The molecule has 0 bridgehead atoms. The van der Waals surface area contributed by atoms with Crippen LogP contribution in [0.4, 0.5) is 0 Å². The van der Waals surface area contributed by atoms with E-state index in [-0.39, 0.29) is 24.2 Å². The van der Waals surface area contributed by atoms with E-state index in [1.807, 2.05) is 18.2 Å². The van der Waals surface area contributed by atoms with Crippen molar-refractivity contribution in [1.82, 2.24) is 5.32 Å². The first-order valence-corrected chi connectivity index (χ1v) is 6.58. The number of esters is 1. The van der Waals surface area contributed by atoms with Crippen LogP contribution < -0.4 is 5.32 Å². The zero-order valence-corrected chi connectivity index (χ0v) is 11.1. The second kappa shape index (κ2) is 6.48. The Bertz CT molecular complexity index is 444. The Kier molecular flexibility index (Phi) is 4.68. The second-order valence-electron chi connectivity index (χ2n) is 4.91. The van der Waals surface area contributed by atoms with Gasteiger partial charge in [0, 0.05) is 18.9 Å². The molecule has 1 heterocycles. The molecule has 1 aliphatic heterocycles. The lowest BCUT2D eigenvalue weighted by Gasteiger charge is -2.28. The number of nitrogens with one attached hydrogen (secondary N) is 1. The first kappa shape index (κ1) is 13.7. The van der Waals surface area contributed by atoms with Crippen LogP contribution in [0.15, 0.2) is 30.3 Å². The molecule has 0 aliphatic carbocycles. The van der Waals surface area contributed by atoms with Crippen molar-refractivity contribution in [2.24, 2.45) is 0 Å². The molecular formula is C15H19NO3. The van der Waals surface area contributed by atoms with Crippen molar-refractivity contribution in [2.45, 2.75) is 37.8 Å². The van der Waals surface area contributed by atoms with Crippen molar-refractivity contribution in [2.75, 3.05) is 7.11 Å². The van der Waals surface area contributed by atoms with Crippen LogP contribution in [0.5, 0.6) is 0 Å². The number of hydrogen-bond donors (Lipinski definition) is 1. The molecule has 1 N–H and O–H groups in total. The Morgan fingerprint density at radius 1 is 1.32 bits per heavy atom. The van der Waals surface area contributed by atoms with Gasteiger partial charge in [-0.05, 0) is 18.4 Å². The highest BCUT2D eigenvalue weighted by molar-refractivity contribution is 5.88. The maximum atomic E-state index is 11.7. The van der Waals surface area contributed by atoms with Gasteiger partial charge in [-0.2, -0.15) is 0 Å². The molecule has 4 nitrogen and oxygen atoms in total. The SMILES string of the molecule is COC(=O)[C@@H]1CC(=O)C[C@H](CCc2ccccc2)N1. The fraction of sp³-hybridized carbons (Fsp3) is 0.467. The van der Waals surface area contributed by atoms with Crippen LogP contribution in [0.3, 0.4) is 0 Å². The van der Waals surface area contributed by atoms with Crippen LogP contribution in [0.1, 0.15) is 24.8 Å². The summed E-state index contributed by atoms with van der Waals surface area (Å²) >= 11 is 0. The number of rotatable bonds is 4. The summed E-state index contributed by atoms with van der Waals surface area (Å²) in [6.07, 6.45) is 2.50. The normalized spacial score (nSPS) is 23.1. The first-order chi connectivity index (χ1) is 9.19. The van der Waals surface area contributed by atoms with E-state index in [1.54, 1.807) is 0 Å². The van der Waals surface area contributed by atoms with Crippen molar-refractivity contribution in [3.63, 3.8) is 0 Å². The van der Waals surface area contributed by atoms with Gasteiger partial charge >= 0.3 is 5.97 Å². The van der Waals surface area contributed by atoms with Gasteiger partial charge in [0.2, 0.25) is 0 Å². The number of benzene rings is 1. The minimum absolute atomic E-state index is 0.0607. The highest BCUT2D eigenvalue weighted by Crippen LogP contribution is 2.15. The maximum absolute atomic E-state index is 11.7. The van der Waals surface area contributed by atoms with E-state index in [9.17, 15) is 9.59 Å². The average Bonchev–Trinajstić information content (AvgIpc) is 2.45. The molecule has 1 saturated heterocycles. The second-order valence-corrected chi connectivity index (χ2v) is 4.91. The van der Waals surface area contributed by atoms with Crippen molar-refractivity contribution in [3.8, 4) is 0 Å². The van der Waals surface area contributed by atoms with E-state index in [2.05, 4.69) is 17.4 Å². The molecule has 0 saturated carbocycles. The number of piperidine rings is 1. The molecule has 1 aliphatic rings. The molecule has 1 aromatic carbocycles. The van der Waals surface area contributed by atoms with Gasteiger partial charge in [0.1, 0.15) is 11.8 Å². The van der Waals surface area contributed by atoms with Crippen LogP contribution >= 0.6 is 0 Å². The fourth-order valence-electron chi connectivity index (χ4n) is 2.45. The van der Waals surface area contributed by atoms with Gasteiger partial charge < -0.3 is 10.1 Å². The highest BCUT2D eigenvalue weighted by atomic mass is 16.5. The van der Waals surface area contributed by atoms with Gasteiger partial charge in [0.05, 0.1) is 7.11 Å². The molecule has 1 aromatic rings. The predicted octanol–water partition coefficient (Wildman–Crippen LogP) is 1.48. The standard InChI is InChI=1S/C15H19NO3/c1-19-15(18)14-10-13(17)9-12(16-14)8-7-11-5-3-2-4-6-11/h2-6,12,14,16H,7-10H2,1H3/t12-,14-/m0/s1. The topological polar surface area (TPSA) is 55.4 Å². The number of hydrogen-bond acceptors (Lipinski definition) is 4. The van der Waals surface area contributed by atoms with E-state index in [4.69, 9.17) is 4.74 Å². The molecular weight excluding hydrogens is 242 g/mol. The first-order valence-electron chi connectivity index (χ1n) is 6.58. The molecule has 19 heavy (non-hydrogen) atoms. The molecule has 0 radical (unpaired) electrons. The maximum Gasteiger partial charge on any atom is 0.323 e. The Balaban J connectivity index is 1.89. The van der Waals surface area contributed by atoms with Gasteiger partial charge in [0.25, 0.3) is 0 Å². The summed E-state index contributed by atoms with van der Waals surface area (Å²) in [6, 6.07) is 9.72. The summed E-state index contributed by atoms with van der Waals surface area (Å²) in [5, 5.41) is 3.21. The van der Waals surface area contributed by atoms with Crippen molar-refractivity contribution < 1.29 is 14.3 Å². The van der Waals surface area contributed by atoms with Gasteiger partial charge in [-0.3, -0.25) is 9.59 Å². The number of ether oxygens (including phenoxy) is 1. The lowest BCUT2D eigenvalue weighted by atomic mass is 9.93. The Hall–Kier alpha value is -1.68. The Labute approximate surface area is 113 Å². The van der Waals surface area contributed by atoms with Crippen molar-refractivity contribution in [1.29, 1.82) is 0 Å². The number of aryl methyl sites for hydroxylation is 1. The van der Waals surface area contributed by atoms with E-state index < -0.39 is 6.04 Å². The number of Topliss-reactive ketones (excluding diaryl/α,β-unsaturated/α-hetero) is 1. The molecule has 102 valence electrons. The monoisotopic (exact) mass is 261 g/mol. The van der Waals surface area contributed by atoms with E-state index in [0.717, 1.165) is 12.8 Å². The quantitative estimate of drug-likeness (QED) is 0.834. The minimum atomic E-state index is -0.480. The minimum Gasteiger partial charge on any atom is -0.468 e. The number of carbonyl (C=O) groups is 2. The van der Waals surface area contributed by atoms with Crippen LogP contribution in [0, 0.1) is 0 Å². The van der Waals surface area contributed by atoms with E-state index in [1.165, 1.54) is 12.7 Å². The predicted molar refractivity (Wildman–Crippen MR) is 71.7 cm³/mol. The molecule has 0 unspecified atom stereocenters. The lowest BCUT2D eigenvalue weighted by Crippen LogP contribution is -2.50. The summed E-state index contributed by atoms with van der Waals surface area (Å²) in [5.74, 6) is -0.218. The van der Waals surface area contributed by atoms with Gasteiger partial charge in [-0.1, -0.05) is 30.3 Å². The van der Waals surface area contributed by atoms with Crippen LogP contribution in [-0.2, 0) is 20.7 Å². The molecule has 4 heteroatoms. The summed E-state index contributed by atoms with van der Waals surface area (Å²) in [7, 11) is 1.35. The summed E-state index contributed by atoms with van der Waals surface area (Å²) in [5.41, 5.74) is 1.25. The Morgan fingerprint density at radius 3 is 2.74 bits per heavy atom. The molecule has 1 fully saturated rings. The van der Waals surface area contributed by atoms with Crippen LogP contribution in [-0.4, -0.2) is 30.9 Å². The number of ketones is 1. The summed E-state index contributed by atoms with van der Waals surface area (Å²) in [4.78, 5) is 23.2. The smallest absolute Gasteiger partial charge is 0.323 e. The number of methoxy groups -OCH3 is 1. The van der Waals surface area contributed by atoms with E-state index in [0.29, 0.717) is 6.42 Å². The van der Waals surface area contributed by atoms with Gasteiger partial charge in [0.15, 0.2) is 0 Å². The molecule has 0 aromatic heterocycles. The highest BCUT2D eigenvalue weighted by Gasteiger charge is 2.31. The fourth-order valence-corrected chi connectivity index (χ4v) is 2.45. The zero-order valence-electron chi connectivity index (χ0n) is 11.1. The number of carbonyl (C=O) groups excluding carboxylic acids is 2. The summed E-state index contributed by atoms with van der Waals surface area (Å²) in [6.45, 7) is 0. The average molecular weight is 261 g/mol. The Morgan fingerprint density at radius 2 is 2.05 bits per heavy atom. The van der Waals surface area contributed by atoms with Crippen molar-refractivity contribution >= 4 is 11.8 Å². The molecule has 2 rings (SSSR count). The molecule has 2 atom stereocenters. The summed E-state index contributed by atoms with van der Waals surface area (Å²) < 4.78 is 4.70. The van der Waals surface area contributed by atoms with E-state index >= 15 is 0 Å². The third-order valence-electron chi connectivity index (χ3n) is 3.45. The largest absolute Gasteiger partial charge is 0.468 e. The van der Waals surface area contributed by atoms with Crippen molar-refractivity contribution in [3.05, 3.63) is 35.9 Å². The third kappa shape index (κ3) is 3.89. The van der Waals surface area contributed by atoms with Crippen LogP contribution in [0.2, 0.25) is 0 Å².